The molecule has 23 heavy (non-hydrogen) atoms. The molecule has 0 fully saturated rings. The number of carbonyl (C=O) groups excluding carboxylic acids is 2. The number of rotatable bonds is 4. The second kappa shape index (κ2) is 6.54. The molecule has 2 aromatic rings. The fraction of sp³-hybridized carbons (Fsp3) is 0.438. The molecule has 0 saturated heterocycles. The summed E-state index contributed by atoms with van der Waals surface area (Å²) in [7, 11) is 0. The third kappa shape index (κ3) is 3.29. The Morgan fingerprint density at radius 2 is 2.26 bits per heavy atom. The third-order valence-corrected chi connectivity index (χ3v) is 5.04. The van der Waals surface area contributed by atoms with Gasteiger partial charge in [0.2, 0.25) is 5.91 Å². The van der Waals surface area contributed by atoms with Crippen LogP contribution >= 0.6 is 11.3 Å². The van der Waals surface area contributed by atoms with Gasteiger partial charge < -0.3 is 14.8 Å². The van der Waals surface area contributed by atoms with Gasteiger partial charge in [-0.05, 0) is 24.8 Å². The van der Waals surface area contributed by atoms with Gasteiger partial charge in [-0.15, -0.1) is 11.3 Å². The van der Waals surface area contributed by atoms with Crippen molar-refractivity contribution in [2.24, 2.45) is 0 Å². The lowest BCUT2D eigenvalue weighted by atomic mass is 10.2. The molecule has 1 aliphatic heterocycles. The van der Waals surface area contributed by atoms with Crippen molar-refractivity contribution in [2.45, 2.75) is 32.9 Å². The van der Waals surface area contributed by atoms with E-state index in [0.717, 1.165) is 12.2 Å². The minimum absolute atomic E-state index is 0.0358. The molecule has 3 rings (SSSR count). The number of carbonyl (C=O) groups is 2. The Morgan fingerprint density at radius 1 is 1.43 bits per heavy atom. The molecular formula is C16H20N4O2S. The zero-order valence-corrected chi connectivity index (χ0v) is 14.1. The van der Waals surface area contributed by atoms with Crippen LogP contribution in [0.1, 0.15) is 41.1 Å². The van der Waals surface area contributed by atoms with E-state index in [1.54, 1.807) is 29.4 Å². The Morgan fingerprint density at radius 3 is 2.96 bits per heavy atom. The zero-order chi connectivity index (χ0) is 16.4. The van der Waals surface area contributed by atoms with Crippen molar-refractivity contribution in [2.75, 3.05) is 13.1 Å². The predicted octanol–water partition coefficient (Wildman–Crippen LogP) is 1.84. The van der Waals surface area contributed by atoms with Gasteiger partial charge in [-0.2, -0.15) is 0 Å². The molecule has 0 unspecified atom stereocenters. The summed E-state index contributed by atoms with van der Waals surface area (Å²) in [6, 6.07) is 3.96. The van der Waals surface area contributed by atoms with Gasteiger partial charge in [-0.25, -0.2) is 4.98 Å². The van der Waals surface area contributed by atoms with E-state index >= 15 is 0 Å². The van der Waals surface area contributed by atoms with Crippen LogP contribution in [0.15, 0.2) is 23.7 Å². The van der Waals surface area contributed by atoms with Gasteiger partial charge in [0.15, 0.2) is 0 Å². The maximum absolute atomic E-state index is 12.2. The molecule has 1 N–H and O–H groups in total. The molecule has 3 heterocycles. The molecule has 0 aliphatic carbocycles. The van der Waals surface area contributed by atoms with Crippen molar-refractivity contribution in [3.8, 4) is 0 Å². The molecule has 122 valence electrons. The van der Waals surface area contributed by atoms with E-state index in [1.165, 1.54) is 4.88 Å². The summed E-state index contributed by atoms with van der Waals surface area (Å²) in [5.41, 5.74) is 0.420. The van der Waals surface area contributed by atoms with Crippen molar-refractivity contribution in [3.05, 3.63) is 40.1 Å². The molecular weight excluding hydrogens is 312 g/mol. The number of nitrogens with zero attached hydrogens (tertiary/aromatic N) is 3. The van der Waals surface area contributed by atoms with Crippen molar-refractivity contribution < 1.29 is 9.59 Å². The van der Waals surface area contributed by atoms with Gasteiger partial charge >= 0.3 is 0 Å². The van der Waals surface area contributed by atoms with Crippen LogP contribution in [0.4, 0.5) is 0 Å². The van der Waals surface area contributed by atoms with Gasteiger partial charge in [0.05, 0.1) is 6.04 Å². The second-order valence-corrected chi connectivity index (χ2v) is 6.68. The summed E-state index contributed by atoms with van der Waals surface area (Å²) >= 11 is 1.69. The summed E-state index contributed by atoms with van der Waals surface area (Å²) in [6.07, 6.45) is 2.61. The molecule has 2 amide bonds. The monoisotopic (exact) mass is 332 g/mol. The number of hydrogen-bond donors (Lipinski definition) is 1. The molecule has 6 nitrogen and oxygen atoms in total. The molecule has 0 saturated carbocycles. The summed E-state index contributed by atoms with van der Waals surface area (Å²) in [5, 5.41) is 4.94. The smallest absolute Gasteiger partial charge is 0.271 e. The van der Waals surface area contributed by atoms with E-state index in [1.807, 2.05) is 22.9 Å². The number of aromatic nitrogens is 2. The molecule has 0 aromatic carbocycles. The number of nitrogens with one attached hydrogen (secondary N) is 1. The standard InChI is InChI=1S/C16H20N4O2S/c1-11-15-18-14(10-19(15)7-8-20(11)12(2)21)16(22)17-6-5-13-4-3-9-23-13/h3-4,9-11H,5-8H2,1-2H3,(H,17,22)/t11-/m1/s1. The lowest BCUT2D eigenvalue weighted by molar-refractivity contribution is -0.132. The maximum Gasteiger partial charge on any atom is 0.271 e. The number of fused-ring (bicyclic) bond motifs is 1. The van der Waals surface area contributed by atoms with E-state index in [9.17, 15) is 9.59 Å². The van der Waals surface area contributed by atoms with Crippen molar-refractivity contribution in [1.82, 2.24) is 19.8 Å². The fourth-order valence-corrected chi connectivity index (χ4v) is 3.58. The number of imidazole rings is 1. The van der Waals surface area contributed by atoms with Crippen LogP contribution in [0.25, 0.3) is 0 Å². The van der Waals surface area contributed by atoms with Crippen LogP contribution in [-0.4, -0.2) is 39.4 Å². The number of hydrogen-bond acceptors (Lipinski definition) is 4. The summed E-state index contributed by atoms with van der Waals surface area (Å²) in [6.45, 7) is 5.43. The van der Waals surface area contributed by atoms with Crippen LogP contribution in [0.3, 0.4) is 0 Å². The van der Waals surface area contributed by atoms with Crippen LogP contribution in [0.2, 0.25) is 0 Å². The summed E-state index contributed by atoms with van der Waals surface area (Å²) < 4.78 is 1.97. The van der Waals surface area contributed by atoms with Crippen LogP contribution in [0.5, 0.6) is 0 Å². The molecule has 1 atom stereocenters. The highest BCUT2D eigenvalue weighted by molar-refractivity contribution is 7.09. The van der Waals surface area contributed by atoms with Gasteiger partial charge in [0, 0.05) is 37.6 Å². The highest BCUT2D eigenvalue weighted by atomic mass is 32.1. The highest BCUT2D eigenvalue weighted by Gasteiger charge is 2.28. The fourth-order valence-electron chi connectivity index (χ4n) is 2.88. The normalized spacial score (nSPS) is 17.0. The van der Waals surface area contributed by atoms with E-state index in [2.05, 4.69) is 16.4 Å². The molecule has 2 aromatic heterocycles. The number of amides is 2. The van der Waals surface area contributed by atoms with Gasteiger partial charge in [-0.1, -0.05) is 6.07 Å². The minimum atomic E-state index is -0.162. The molecule has 0 bridgehead atoms. The molecule has 0 radical (unpaired) electrons. The molecule has 7 heteroatoms. The van der Waals surface area contributed by atoms with Gasteiger partial charge in [-0.3, -0.25) is 9.59 Å². The van der Waals surface area contributed by atoms with Crippen LogP contribution in [-0.2, 0) is 17.8 Å². The Labute approximate surface area is 139 Å². The average molecular weight is 332 g/mol. The minimum Gasteiger partial charge on any atom is -0.350 e. The first-order chi connectivity index (χ1) is 11.1. The predicted molar refractivity (Wildman–Crippen MR) is 88.4 cm³/mol. The first-order valence-electron chi connectivity index (χ1n) is 7.71. The Balaban J connectivity index is 1.64. The molecule has 1 aliphatic rings. The van der Waals surface area contributed by atoms with E-state index in [0.29, 0.717) is 25.3 Å². The summed E-state index contributed by atoms with van der Waals surface area (Å²) in [4.78, 5) is 31.3. The highest BCUT2D eigenvalue weighted by Crippen LogP contribution is 2.24. The Bertz CT molecular complexity index is 708. The van der Waals surface area contributed by atoms with E-state index < -0.39 is 0 Å². The Hall–Kier alpha value is -2.15. The van der Waals surface area contributed by atoms with Crippen LogP contribution < -0.4 is 5.32 Å². The maximum atomic E-state index is 12.2. The quantitative estimate of drug-likeness (QED) is 0.929. The zero-order valence-electron chi connectivity index (χ0n) is 13.3. The van der Waals surface area contributed by atoms with Crippen molar-refractivity contribution in [1.29, 1.82) is 0 Å². The first kappa shape index (κ1) is 15.7. The first-order valence-corrected chi connectivity index (χ1v) is 8.59. The topological polar surface area (TPSA) is 67.2 Å². The van der Waals surface area contributed by atoms with Crippen molar-refractivity contribution >= 4 is 23.2 Å². The number of thiophene rings is 1. The van der Waals surface area contributed by atoms with Crippen LogP contribution in [0, 0.1) is 0 Å². The van der Waals surface area contributed by atoms with Gasteiger partial charge in [0.25, 0.3) is 5.91 Å². The van der Waals surface area contributed by atoms with Gasteiger partial charge in [0.1, 0.15) is 11.5 Å². The molecule has 0 spiro atoms. The lowest BCUT2D eigenvalue weighted by Crippen LogP contribution is -2.39. The average Bonchev–Trinajstić information content (AvgIpc) is 3.16. The summed E-state index contributed by atoms with van der Waals surface area (Å²) in [5.74, 6) is 0.647. The SMILES string of the molecule is CC(=O)N1CCn2cc(C(=O)NCCc3cccs3)nc2[C@H]1C. The Kier molecular flexibility index (Phi) is 4.47. The van der Waals surface area contributed by atoms with Crippen molar-refractivity contribution in [3.63, 3.8) is 0 Å². The van der Waals surface area contributed by atoms with E-state index in [-0.39, 0.29) is 17.9 Å². The second-order valence-electron chi connectivity index (χ2n) is 5.65. The van der Waals surface area contributed by atoms with E-state index in [4.69, 9.17) is 0 Å². The lowest BCUT2D eigenvalue weighted by Gasteiger charge is -2.32. The largest absolute Gasteiger partial charge is 0.350 e. The third-order valence-electron chi connectivity index (χ3n) is 4.10.